The predicted molar refractivity (Wildman–Crippen MR) is 107 cm³/mol. The van der Waals surface area contributed by atoms with Crippen molar-refractivity contribution in [2.75, 3.05) is 18.5 Å². The van der Waals surface area contributed by atoms with Crippen molar-refractivity contribution >= 4 is 28.2 Å². The number of aryl methyl sites for hydroxylation is 2. The number of hydrogen-bond donors (Lipinski definition) is 2. The van der Waals surface area contributed by atoms with Gasteiger partial charge in [0, 0.05) is 23.6 Å². The molecule has 1 aliphatic carbocycles. The highest BCUT2D eigenvalue weighted by Gasteiger charge is 2.28. The number of thiophene rings is 1. The minimum absolute atomic E-state index is 0.103. The van der Waals surface area contributed by atoms with E-state index in [2.05, 4.69) is 10.6 Å². The van der Waals surface area contributed by atoms with Gasteiger partial charge in [0.1, 0.15) is 5.00 Å². The third-order valence-corrected chi connectivity index (χ3v) is 6.38. The molecule has 1 aromatic carbocycles. The Bertz CT molecular complexity index is 868. The zero-order valence-corrected chi connectivity index (χ0v) is 16.3. The topological polar surface area (TPSA) is 67.4 Å². The molecule has 0 bridgehead atoms. The molecule has 27 heavy (non-hydrogen) atoms. The number of nitrogens with one attached hydrogen (secondary N) is 2. The van der Waals surface area contributed by atoms with Crippen LogP contribution in [0.3, 0.4) is 0 Å². The molecule has 0 unspecified atom stereocenters. The first-order chi connectivity index (χ1) is 13.1. The Morgan fingerprint density at radius 3 is 2.89 bits per heavy atom. The van der Waals surface area contributed by atoms with Gasteiger partial charge in [-0.05, 0) is 56.7 Å². The maximum atomic E-state index is 12.9. The molecule has 0 saturated carbocycles. The highest BCUT2D eigenvalue weighted by atomic mass is 32.1. The lowest BCUT2D eigenvalue weighted by Gasteiger charge is -2.13. The summed E-state index contributed by atoms with van der Waals surface area (Å²) in [5.74, 6) is -0.281. The maximum Gasteiger partial charge on any atom is 0.256 e. The van der Waals surface area contributed by atoms with Gasteiger partial charge < -0.3 is 15.4 Å². The van der Waals surface area contributed by atoms with Crippen molar-refractivity contribution < 1.29 is 14.3 Å². The number of carbonyl (C=O) groups excluding carboxylic acids is 2. The van der Waals surface area contributed by atoms with Crippen LogP contribution in [-0.2, 0) is 17.6 Å². The molecule has 2 aromatic rings. The molecule has 142 valence electrons. The number of benzene rings is 1. The van der Waals surface area contributed by atoms with Crippen LogP contribution in [0, 0.1) is 6.92 Å². The third kappa shape index (κ3) is 3.92. The molecular weight excluding hydrogens is 360 g/mol. The number of ether oxygens (including phenoxy) is 1. The third-order valence-electron chi connectivity index (χ3n) is 5.17. The second kappa shape index (κ2) is 7.82. The predicted octanol–water partition coefficient (Wildman–Crippen LogP) is 3.71. The van der Waals surface area contributed by atoms with Crippen LogP contribution in [0.4, 0.5) is 5.00 Å². The molecule has 0 spiro atoms. The number of carbonyl (C=O) groups is 2. The molecule has 2 aliphatic rings. The molecule has 1 atom stereocenters. The summed E-state index contributed by atoms with van der Waals surface area (Å²) in [4.78, 5) is 26.8. The minimum atomic E-state index is -0.174. The second-order valence-corrected chi connectivity index (χ2v) is 8.34. The molecule has 1 aliphatic heterocycles. The van der Waals surface area contributed by atoms with Crippen molar-refractivity contribution in [2.45, 2.75) is 45.1 Å². The van der Waals surface area contributed by atoms with Crippen LogP contribution in [-0.4, -0.2) is 31.1 Å². The van der Waals surface area contributed by atoms with E-state index in [4.69, 9.17) is 4.74 Å². The Kier molecular flexibility index (Phi) is 5.27. The largest absolute Gasteiger partial charge is 0.376 e. The highest BCUT2D eigenvalue weighted by Crippen LogP contribution is 2.39. The lowest BCUT2D eigenvalue weighted by molar-refractivity contribution is 0.0858. The first-order valence-electron chi connectivity index (χ1n) is 9.54. The van der Waals surface area contributed by atoms with E-state index in [1.165, 1.54) is 16.2 Å². The van der Waals surface area contributed by atoms with Gasteiger partial charge in [0.25, 0.3) is 11.8 Å². The summed E-state index contributed by atoms with van der Waals surface area (Å²) in [6.45, 7) is 3.25. The van der Waals surface area contributed by atoms with Crippen molar-refractivity contribution in [2.24, 2.45) is 0 Å². The molecule has 2 N–H and O–H groups in total. The number of hydrogen-bond acceptors (Lipinski definition) is 4. The smallest absolute Gasteiger partial charge is 0.256 e. The van der Waals surface area contributed by atoms with Gasteiger partial charge >= 0.3 is 0 Å². The van der Waals surface area contributed by atoms with Gasteiger partial charge in [-0.3, -0.25) is 9.59 Å². The Labute approximate surface area is 163 Å². The maximum absolute atomic E-state index is 12.9. The first-order valence-corrected chi connectivity index (χ1v) is 10.4. The van der Waals surface area contributed by atoms with E-state index in [0.29, 0.717) is 22.7 Å². The van der Waals surface area contributed by atoms with Gasteiger partial charge in [-0.25, -0.2) is 0 Å². The molecule has 6 heteroatoms. The first kappa shape index (κ1) is 18.2. The van der Waals surface area contributed by atoms with Gasteiger partial charge in [-0.15, -0.1) is 11.3 Å². The Morgan fingerprint density at radius 2 is 2.11 bits per heavy atom. The van der Waals surface area contributed by atoms with E-state index in [-0.39, 0.29) is 17.9 Å². The van der Waals surface area contributed by atoms with E-state index in [1.807, 2.05) is 25.1 Å². The van der Waals surface area contributed by atoms with E-state index in [0.717, 1.165) is 49.8 Å². The summed E-state index contributed by atoms with van der Waals surface area (Å²) in [7, 11) is 0. The van der Waals surface area contributed by atoms with Gasteiger partial charge in [0.05, 0.1) is 11.7 Å². The highest BCUT2D eigenvalue weighted by molar-refractivity contribution is 7.17. The zero-order chi connectivity index (χ0) is 18.8. The fourth-order valence-electron chi connectivity index (χ4n) is 3.79. The number of fused-ring (bicyclic) bond motifs is 1. The lowest BCUT2D eigenvalue weighted by atomic mass is 10.1. The minimum Gasteiger partial charge on any atom is -0.376 e. The Hall–Kier alpha value is -2.18. The fourth-order valence-corrected chi connectivity index (χ4v) is 5.08. The van der Waals surface area contributed by atoms with Crippen molar-refractivity contribution in [3.63, 3.8) is 0 Å². The van der Waals surface area contributed by atoms with E-state index in [9.17, 15) is 9.59 Å². The van der Waals surface area contributed by atoms with Crippen molar-refractivity contribution in [1.82, 2.24) is 5.32 Å². The molecule has 1 aromatic heterocycles. The van der Waals surface area contributed by atoms with Crippen LogP contribution in [0.15, 0.2) is 24.3 Å². The van der Waals surface area contributed by atoms with E-state index >= 15 is 0 Å². The average molecular weight is 385 g/mol. The van der Waals surface area contributed by atoms with E-state index in [1.54, 1.807) is 6.07 Å². The SMILES string of the molecule is Cc1cccc(C(=O)Nc2sc3c(c2C(=O)NC[C@@H]2CCCO2)CCC3)c1. The number of anilines is 1. The normalized spacial score (nSPS) is 18.3. The van der Waals surface area contributed by atoms with Gasteiger partial charge in [-0.1, -0.05) is 17.7 Å². The summed E-state index contributed by atoms with van der Waals surface area (Å²) >= 11 is 1.54. The zero-order valence-electron chi connectivity index (χ0n) is 15.5. The van der Waals surface area contributed by atoms with Gasteiger partial charge in [0.2, 0.25) is 0 Å². The standard InChI is InChI=1S/C21H24N2O3S/c1-13-5-2-6-14(11-13)19(24)23-21-18(16-8-3-9-17(16)27-21)20(25)22-12-15-7-4-10-26-15/h2,5-6,11,15H,3-4,7-10,12H2,1H3,(H,22,25)(H,23,24)/t15-/m0/s1. The molecular formula is C21H24N2O3S. The van der Waals surface area contributed by atoms with Gasteiger partial charge in [0.15, 0.2) is 0 Å². The van der Waals surface area contributed by atoms with Crippen molar-refractivity contribution in [3.8, 4) is 0 Å². The summed E-state index contributed by atoms with van der Waals surface area (Å²) in [5.41, 5.74) is 3.39. The molecule has 1 fully saturated rings. The van der Waals surface area contributed by atoms with E-state index < -0.39 is 0 Å². The fraction of sp³-hybridized carbons (Fsp3) is 0.429. The van der Waals surface area contributed by atoms with Crippen LogP contribution in [0.25, 0.3) is 0 Å². The average Bonchev–Trinajstić information content (AvgIpc) is 3.37. The number of rotatable bonds is 5. The Morgan fingerprint density at radius 1 is 1.22 bits per heavy atom. The molecule has 1 saturated heterocycles. The number of amides is 2. The van der Waals surface area contributed by atoms with Crippen LogP contribution in [0.5, 0.6) is 0 Å². The summed E-state index contributed by atoms with van der Waals surface area (Å²) in [5, 5.41) is 6.65. The summed E-state index contributed by atoms with van der Waals surface area (Å²) < 4.78 is 5.60. The van der Waals surface area contributed by atoms with Crippen molar-refractivity contribution in [1.29, 1.82) is 0 Å². The molecule has 4 rings (SSSR count). The molecule has 0 radical (unpaired) electrons. The van der Waals surface area contributed by atoms with Crippen LogP contribution >= 0.6 is 11.3 Å². The monoisotopic (exact) mass is 384 g/mol. The molecule has 2 amide bonds. The van der Waals surface area contributed by atoms with Crippen LogP contribution in [0.2, 0.25) is 0 Å². The van der Waals surface area contributed by atoms with Crippen LogP contribution < -0.4 is 10.6 Å². The second-order valence-electron chi connectivity index (χ2n) is 7.23. The molecule has 2 heterocycles. The van der Waals surface area contributed by atoms with Crippen molar-refractivity contribution in [3.05, 3.63) is 51.4 Å². The lowest BCUT2D eigenvalue weighted by Crippen LogP contribution is -2.32. The van der Waals surface area contributed by atoms with Crippen LogP contribution in [0.1, 0.15) is 56.0 Å². The molecule has 5 nitrogen and oxygen atoms in total. The van der Waals surface area contributed by atoms with Gasteiger partial charge in [-0.2, -0.15) is 0 Å². The Balaban J connectivity index is 1.54. The summed E-state index contributed by atoms with van der Waals surface area (Å²) in [6, 6.07) is 7.48. The quantitative estimate of drug-likeness (QED) is 0.826. The summed E-state index contributed by atoms with van der Waals surface area (Å²) in [6.07, 6.45) is 5.08.